The van der Waals surface area contributed by atoms with Crippen LogP contribution in [0.25, 0.3) is 10.2 Å². The molecule has 0 unspecified atom stereocenters. The lowest BCUT2D eigenvalue weighted by Gasteiger charge is -2.30. The van der Waals surface area contributed by atoms with E-state index in [1.54, 1.807) is 24.1 Å². The molecule has 3 amide bonds. The van der Waals surface area contributed by atoms with Crippen molar-refractivity contribution in [3.8, 4) is 16.7 Å². The second kappa shape index (κ2) is 14.8. The predicted molar refractivity (Wildman–Crippen MR) is 191 cm³/mol. The number of anilines is 1. The van der Waals surface area contributed by atoms with Gasteiger partial charge in [-0.1, -0.05) is 72.7 Å². The van der Waals surface area contributed by atoms with Crippen molar-refractivity contribution in [2.45, 2.75) is 68.7 Å². The van der Waals surface area contributed by atoms with Crippen LogP contribution in [0.1, 0.15) is 44.9 Å². The van der Waals surface area contributed by atoms with Gasteiger partial charge in [0, 0.05) is 24.1 Å². The maximum Gasteiger partial charge on any atom is 0.278 e. The highest BCUT2D eigenvalue weighted by molar-refractivity contribution is 7.20. The Morgan fingerprint density at radius 2 is 1.82 bits per heavy atom. The lowest BCUT2D eigenvalue weighted by Crippen LogP contribution is -2.57. The number of nitrogens with one attached hydrogen (secondary N) is 3. The average Bonchev–Trinajstić information content (AvgIpc) is 3.43. The van der Waals surface area contributed by atoms with Gasteiger partial charge in [0.05, 0.1) is 23.9 Å². The number of hydrogen-bond donors (Lipinski definition) is 3. The normalized spacial score (nSPS) is 26.0. The van der Waals surface area contributed by atoms with Gasteiger partial charge in [-0.2, -0.15) is 5.48 Å². The fraction of sp³-hybridized carbons (Fsp3) is 0.368. The first kappa shape index (κ1) is 33.4. The molecule has 3 aliphatic rings. The van der Waals surface area contributed by atoms with Crippen LogP contribution in [0, 0.1) is 5.92 Å². The summed E-state index contributed by atoms with van der Waals surface area (Å²) in [4.78, 5) is 54.4. The number of para-hydroxylation sites is 2. The van der Waals surface area contributed by atoms with Crippen LogP contribution in [0.3, 0.4) is 0 Å². The number of methoxy groups -OCH3 is 1. The molecule has 11 nitrogen and oxygen atoms in total. The van der Waals surface area contributed by atoms with Crippen LogP contribution in [0.4, 0.5) is 5.69 Å². The van der Waals surface area contributed by atoms with E-state index in [9.17, 15) is 14.4 Å². The van der Waals surface area contributed by atoms with Crippen molar-refractivity contribution in [1.82, 2.24) is 20.7 Å². The van der Waals surface area contributed by atoms with E-state index in [-0.39, 0.29) is 24.8 Å². The third kappa shape index (κ3) is 7.40. The second-order valence-corrected chi connectivity index (χ2v) is 14.0. The molecule has 12 heteroatoms. The monoisotopic (exact) mass is 695 g/mol. The summed E-state index contributed by atoms with van der Waals surface area (Å²) in [5, 5.41) is 6.99. The Labute approximate surface area is 295 Å². The van der Waals surface area contributed by atoms with Crippen LogP contribution < -0.4 is 30.4 Å². The van der Waals surface area contributed by atoms with Gasteiger partial charge in [-0.15, -0.1) is 0 Å². The molecule has 0 spiro atoms. The van der Waals surface area contributed by atoms with Gasteiger partial charge in [0.2, 0.25) is 11.8 Å². The molecule has 3 N–H and O–H groups in total. The standard InChI is InChI=1S/C38H41N5O6S/c1-47-28-17-12-14-26(21-28)39-31-19-9-4-2-3-6-13-25-23-38(25,36(46)42-49-27-15-7-5-8-16-27)41-34(44)32-22-29(24-43(32)35(31)45)48-37-40-30-18-10-11-20-33(30)50-37/h5-8,10-18,20-21,25,29,31-32,39H,2-4,9,19,22-24H2,1H3,(H,41,44)(H,42,46)/b13-6-/t25-,29+,31-,32-,38+/m0/s1. The minimum Gasteiger partial charge on any atom is -0.497 e. The zero-order chi connectivity index (χ0) is 34.5. The van der Waals surface area contributed by atoms with Crippen LogP contribution in [0.15, 0.2) is 91.0 Å². The SMILES string of the molecule is COc1cccc(N[C@H]2CCCCC/C=C\[C@H]3C[C@@]3(C(=O)NOc3ccccc3)NC(=O)[C@@H]3C[C@@H](Oc4nc5ccccc5s4)CN3C2=O)c1. The summed E-state index contributed by atoms with van der Waals surface area (Å²) in [6.45, 7) is 0.197. The first-order chi connectivity index (χ1) is 24.4. The number of hydroxylamine groups is 1. The number of nitrogens with zero attached hydrogens (tertiary/aromatic N) is 2. The van der Waals surface area contributed by atoms with E-state index < -0.39 is 35.5 Å². The van der Waals surface area contributed by atoms with Gasteiger partial charge >= 0.3 is 0 Å². The van der Waals surface area contributed by atoms with E-state index in [4.69, 9.17) is 14.3 Å². The first-order valence-electron chi connectivity index (χ1n) is 17.2. The summed E-state index contributed by atoms with van der Waals surface area (Å²) in [7, 11) is 1.60. The summed E-state index contributed by atoms with van der Waals surface area (Å²) < 4.78 is 12.8. The highest BCUT2D eigenvalue weighted by atomic mass is 32.1. The van der Waals surface area contributed by atoms with Gasteiger partial charge in [-0.05, 0) is 62.1 Å². The molecule has 260 valence electrons. The van der Waals surface area contributed by atoms with E-state index in [0.29, 0.717) is 29.5 Å². The molecule has 4 aromatic rings. The molecule has 50 heavy (non-hydrogen) atoms. The number of ether oxygens (including phenoxy) is 2. The van der Waals surface area contributed by atoms with Gasteiger partial charge in [-0.3, -0.25) is 14.4 Å². The molecule has 0 bridgehead atoms. The van der Waals surface area contributed by atoms with E-state index in [2.05, 4.69) is 27.2 Å². The number of carbonyl (C=O) groups excluding carboxylic acids is 3. The third-order valence-corrected chi connectivity index (χ3v) is 10.5. The zero-order valence-corrected chi connectivity index (χ0v) is 28.7. The molecule has 1 aliphatic carbocycles. The summed E-state index contributed by atoms with van der Waals surface area (Å²) in [6.07, 6.45) is 8.41. The Balaban J connectivity index is 1.16. The van der Waals surface area contributed by atoms with Gasteiger partial charge in [0.15, 0.2) is 5.75 Å². The quantitative estimate of drug-likeness (QED) is 0.160. The minimum absolute atomic E-state index is 0.197. The number of rotatable bonds is 8. The Kier molecular flexibility index (Phi) is 9.88. The molecule has 3 aromatic carbocycles. The van der Waals surface area contributed by atoms with Crippen molar-refractivity contribution < 1.29 is 28.7 Å². The van der Waals surface area contributed by atoms with E-state index in [0.717, 1.165) is 41.6 Å². The van der Waals surface area contributed by atoms with Gasteiger partial charge in [0.1, 0.15) is 29.5 Å². The minimum atomic E-state index is -1.21. The lowest BCUT2D eigenvalue weighted by atomic mass is 10.0. The maximum absolute atomic E-state index is 14.5. The Morgan fingerprint density at radius 1 is 1.00 bits per heavy atom. The largest absolute Gasteiger partial charge is 0.497 e. The molecule has 5 atom stereocenters. The Bertz CT molecular complexity index is 1830. The van der Waals surface area contributed by atoms with Crippen LogP contribution in [-0.4, -0.2) is 65.0 Å². The Hall–Kier alpha value is -5.10. The van der Waals surface area contributed by atoms with Crippen LogP contribution in [0.2, 0.25) is 0 Å². The number of hydrogen-bond acceptors (Lipinski definition) is 9. The molecule has 2 aliphatic heterocycles. The highest BCUT2D eigenvalue weighted by Gasteiger charge is 2.61. The Morgan fingerprint density at radius 3 is 2.66 bits per heavy atom. The van der Waals surface area contributed by atoms with Crippen molar-refractivity contribution in [3.05, 3.63) is 91.0 Å². The maximum atomic E-state index is 14.5. The summed E-state index contributed by atoms with van der Waals surface area (Å²) in [6, 6.07) is 22.7. The molecule has 1 aromatic heterocycles. The van der Waals surface area contributed by atoms with Crippen molar-refractivity contribution in [2.75, 3.05) is 19.0 Å². The van der Waals surface area contributed by atoms with Crippen molar-refractivity contribution in [3.63, 3.8) is 0 Å². The van der Waals surface area contributed by atoms with E-state index in [1.807, 2.05) is 72.8 Å². The van der Waals surface area contributed by atoms with Crippen LogP contribution in [0.5, 0.6) is 16.7 Å². The topological polar surface area (TPSA) is 131 Å². The lowest BCUT2D eigenvalue weighted by molar-refractivity contribution is -0.141. The molecule has 1 saturated heterocycles. The molecule has 0 radical (unpaired) electrons. The number of fused-ring (bicyclic) bond motifs is 3. The molecule has 7 rings (SSSR count). The van der Waals surface area contributed by atoms with Crippen molar-refractivity contribution in [1.29, 1.82) is 0 Å². The van der Waals surface area contributed by atoms with Gasteiger partial charge in [0.25, 0.3) is 11.1 Å². The van der Waals surface area contributed by atoms with E-state index >= 15 is 0 Å². The third-order valence-electron chi connectivity index (χ3n) is 9.60. The summed E-state index contributed by atoms with van der Waals surface area (Å²) in [5.41, 5.74) is 2.94. The van der Waals surface area contributed by atoms with Crippen molar-refractivity contribution >= 4 is 45.0 Å². The summed E-state index contributed by atoms with van der Waals surface area (Å²) >= 11 is 1.43. The van der Waals surface area contributed by atoms with Crippen LogP contribution in [-0.2, 0) is 14.4 Å². The summed E-state index contributed by atoms with van der Waals surface area (Å²) in [5.74, 6) is -0.106. The number of aromatic nitrogens is 1. The number of thiazole rings is 1. The molecular weight excluding hydrogens is 655 g/mol. The fourth-order valence-corrected chi connectivity index (χ4v) is 7.69. The van der Waals surface area contributed by atoms with Gasteiger partial charge in [-0.25, -0.2) is 4.98 Å². The molecule has 2 fully saturated rings. The highest BCUT2D eigenvalue weighted by Crippen LogP contribution is 2.45. The first-order valence-corrected chi connectivity index (χ1v) is 18.0. The van der Waals surface area contributed by atoms with E-state index in [1.165, 1.54) is 11.3 Å². The van der Waals surface area contributed by atoms with Crippen molar-refractivity contribution in [2.24, 2.45) is 5.92 Å². The second-order valence-electron chi connectivity index (χ2n) is 13.0. The molecular formula is C38H41N5O6S. The predicted octanol–water partition coefficient (Wildman–Crippen LogP) is 5.64. The average molecular weight is 696 g/mol. The smallest absolute Gasteiger partial charge is 0.278 e. The number of allylic oxidation sites excluding steroid dienone is 1. The number of amides is 3. The molecule has 1 saturated carbocycles. The zero-order valence-electron chi connectivity index (χ0n) is 27.9. The van der Waals surface area contributed by atoms with Crippen LogP contribution >= 0.6 is 11.3 Å². The van der Waals surface area contributed by atoms with Gasteiger partial charge < -0.3 is 29.8 Å². The fourth-order valence-electron chi connectivity index (χ4n) is 6.81. The number of carbonyl (C=O) groups is 3. The number of benzene rings is 3. The molecule has 3 heterocycles.